The minimum atomic E-state index is -4.14. The van der Waals surface area contributed by atoms with E-state index in [1.165, 1.54) is 40.6 Å². The summed E-state index contributed by atoms with van der Waals surface area (Å²) in [5, 5.41) is 7.99. The van der Waals surface area contributed by atoms with Crippen LogP contribution < -0.4 is 25.0 Å². The Bertz CT molecular complexity index is 1450. The number of hydrogen-bond donors (Lipinski definition) is 3. The molecule has 2 aliphatic rings. The lowest BCUT2D eigenvalue weighted by atomic mass is 9.81. The SMILES string of the molecule is COc1cccc(OC)c1-n1c(NS(=O)(=O)[C@@H](C)[C@H](OC)c2ncc(Cl)cn2)nnc1C1NNC2CCC(Cl)CC21. The van der Waals surface area contributed by atoms with Gasteiger partial charge in [-0.25, -0.2) is 23.8 Å². The quantitative estimate of drug-likeness (QED) is 0.284. The predicted octanol–water partition coefficient (Wildman–Crippen LogP) is 3.17. The third kappa shape index (κ3) is 5.81. The van der Waals surface area contributed by atoms with Gasteiger partial charge in [-0.1, -0.05) is 17.7 Å². The lowest BCUT2D eigenvalue weighted by Gasteiger charge is -2.30. The minimum absolute atomic E-state index is 0.0255. The van der Waals surface area contributed by atoms with Crippen LogP contribution in [0.3, 0.4) is 0 Å². The molecule has 4 unspecified atom stereocenters. The van der Waals surface area contributed by atoms with Crippen LogP contribution in [-0.4, -0.2) is 71.1 Å². The van der Waals surface area contributed by atoms with E-state index in [-0.39, 0.29) is 35.2 Å². The average Bonchev–Trinajstić information content (AvgIpc) is 3.56. The summed E-state index contributed by atoms with van der Waals surface area (Å²) in [4.78, 5) is 8.30. The number of ether oxygens (including phenoxy) is 3. The molecule has 1 saturated carbocycles. The molecule has 0 spiro atoms. The lowest BCUT2D eigenvalue weighted by molar-refractivity contribution is 0.0950. The summed E-state index contributed by atoms with van der Waals surface area (Å²) >= 11 is 12.5. The highest BCUT2D eigenvalue weighted by molar-refractivity contribution is 7.93. The number of rotatable bonds is 10. The normalized spacial score (nSPS) is 24.0. The first kappa shape index (κ1) is 29.7. The van der Waals surface area contributed by atoms with Crippen molar-refractivity contribution in [2.24, 2.45) is 5.92 Å². The number of sulfonamides is 1. The number of para-hydroxylation sites is 1. The summed E-state index contributed by atoms with van der Waals surface area (Å²) in [6.45, 7) is 1.50. The zero-order chi connectivity index (χ0) is 29.3. The van der Waals surface area contributed by atoms with Gasteiger partial charge in [0.1, 0.15) is 28.5 Å². The number of nitrogens with one attached hydrogen (secondary N) is 3. The summed E-state index contributed by atoms with van der Waals surface area (Å²) in [7, 11) is 0.286. The van der Waals surface area contributed by atoms with Gasteiger partial charge in [0, 0.05) is 36.8 Å². The van der Waals surface area contributed by atoms with Gasteiger partial charge in [0.15, 0.2) is 11.6 Å². The molecule has 41 heavy (non-hydrogen) atoms. The number of nitrogens with zero attached hydrogens (tertiary/aromatic N) is 5. The maximum Gasteiger partial charge on any atom is 0.243 e. The van der Waals surface area contributed by atoms with E-state index in [4.69, 9.17) is 37.4 Å². The minimum Gasteiger partial charge on any atom is -0.494 e. The van der Waals surface area contributed by atoms with Crippen molar-refractivity contribution in [3.63, 3.8) is 0 Å². The molecule has 6 atom stereocenters. The molecule has 16 heteroatoms. The zero-order valence-corrected chi connectivity index (χ0v) is 25.2. The molecule has 0 radical (unpaired) electrons. The van der Waals surface area contributed by atoms with Crippen molar-refractivity contribution in [3.05, 3.63) is 47.3 Å². The van der Waals surface area contributed by atoms with Crippen LogP contribution in [0, 0.1) is 5.92 Å². The molecular weight excluding hydrogens is 595 g/mol. The molecule has 3 aromatic rings. The first-order chi connectivity index (χ1) is 19.7. The van der Waals surface area contributed by atoms with Gasteiger partial charge >= 0.3 is 0 Å². The van der Waals surface area contributed by atoms with E-state index >= 15 is 0 Å². The molecule has 222 valence electrons. The molecule has 13 nitrogen and oxygen atoms in total. The van der Waals surface area contributed by atoms with Gasteiger partial charge in [0.2, 0.25) is 16.0 Å². The van der Waals surface area contributed by atoms with Gasteiger partial charge < -0.3 is 14.2 Å². The van der Waals surface area contributed by atoms with Crippen molar-refractivity contribution in [2.45, 2.75) is 55.0 Å². The van der Waals surface area contributed by atoms with Gasteiger partial charge in [-0.2, -0.15) is 0 Å². The van der Waals surface area contributed by atoms with Gasteiger partial charge in [0.25, 0.3) is 0 Å². The van der Waals surface area contributed by atoms with Crippen LogP contribution in [0.4, 0.5) is 5.95 Å². The van der Waals surface area contributed by atoms with E-state index in [0.717, 1.165) is 19.3 Å². The summed E-state index contributed by atoms with van der Waals surface area (Å²) in [5.74, 6) is 1.55. The monoisotopic (exact) mass is 626 g/mol. The second kappa shape index (κ2) is 12.2. The number of hydrogen-bond acceptors (Lipinski definition) is 11. The smallest absolute Gasteiger partial charge is 0.243 e. The van der Waals surface area contributed by atoms with Crippen LogP contribution in [0.2, 0.25) is 5.02 Å². The summed E-state index contributed by atoms with van der Waals surface area (Å²) < 4.78 is 48.6. The Hall–Kier alpha value is -2.75. The fraction of sp³-hybridized carbons (Fsp3) is 0.520. The molecule has 3 N–H and O–H groups in total. The van der Waals surface area contributed by atoms with E-state index in [9.17, 15) is 8.42 Å². The number of aromatic nitrogens is 5. The van der Waals surface area contributed by atoms with E-state index in [1.54, 1.807) is 22.8 Å². The predicted molar refractivity (Wildman–Crippen MR) is 153 cm³/mol. The van der Waals surface area contributed by atoms with Crippen LogP contribution in [-0.2, 0) is 14.8 Å². The fourth-order valence-electron chi connectivity index (χ4n) is 5.45. The Morgan fingerprint density at radius 3 is 2.39 bits per heavy atom. The molecule has 1 aliphatic carbocycles. The molecule has 5 rings (SSSR count). The Labute approximate surface area is 248 Å². The second-order valence-corrected chi connectivity index (χ2v) is 13.0. The van der Waals surface area contributed by atoms with Crippen molar-refractivity contribution < 1.29 is 22.6 Å². The van der Waals surface area contributed by atoms with Crippen molar-refractivity contribution in [2.75, 3.05) is 26.1 Å². The Morgan fingerprint density at radius 1 is 1.07 bits per heavy atom. The molecule has 0 amide bonds. The van der Waals surface area contributed by atoms with Gasteiger partial charge in [0.05, 0.1) is 25.3 Å². The molecule has 1 aliphatic heterocycles. The maximum absolute atomic E-state index is 13.8. The van der Waals surface area contributed by atoms with Crippen molar-refractivity contribution >= 4 is 39.2 Å². The number of anilines is 1. The zero-order valence-electron chi connectivity index (χ0n) is 22.9. The highest BCUT2D eigenvalue weighted by Gasteiger charge is 2.44. The van der Waals surface area contributed by atoms with E-state index in [0.29, 0.717) is 28.0 Å². The standard InChI is InChI=1S/C25H32Cl2N8O5S/c1-13(22(40-4)23-28-11-15(27)12-29-23)41(36,37)34-25-33-32-24(20-16-10-14(26)8-9-17(16)30-31-20)35(25)21-18(38-2)6-5-7-19(21)39-3/h5-7,11-14,16-17,20,22,30-31H,8-10H2,1-4H3,(H,33,34)/t13-,14?,16?,17?,20?,22-/m0/s1. The first-order valence-electron chi connectivity index (χ1n) is 13.0. The molecule has 1 aromatic carbocycles. The Balaban J connectivity index is 1.58. The number of halogens is 2. The van der Waals surface area contributed by atoms with Crippen molar-refractivity contribution in [1.82, 2.24) is 35.6 Å². The van der Waals surface area contributed by atoms with Crippen LogP contribution in [0.5, 0.6) is 11.5 Å². The number of fused-ring (bicyclic) bond motifs is 1. The molecule has 2 fully saturated rings. The summed E-state index contributed by atoms with van der Waals surface area (Å²) in [6, 6.07) is 5.13. The highest BCUT2D eigenvalue weighted by atomic mass is 35.5. The molecule has 0 bridgehead atoms. The topological polar surface area (TPSA) is 154 Å². The van der Waals surface area contributed by atoms with Gasteiger partial charge in [-0.3, -0.25) is 14.7 Å². The first-order valence-corrected chi connectivity index (χ1v) is 15.4. The van der Waals surface area contributed by atoms with Gasteiger partial charge in [-0.05, 0) is 38.3 Å². The molecule has 1 saturated heterocycles. The third-order valence-electron chi connectivity index (χ3n) is 7.58. The third-order valence-corrected chi connectivity index (χ3v) is 9.86. The number of benzene rings is 1. The van der Waals surface area contributed by atoms with E-state index in [2.05, 4.69) is 35.7 Å². The second-order valence-electron chi connectivity index (χ2n) is 9.94. The van der Waals surface area contributed by atoms with Crippen LogP contribution in [0.15, 0.2) is 30.6 Å². The molecular formula is C25H32Cl2N8O5S. The average molecular weight is 628 g/mol. The maximum atomic E-state index is 13.8. The highest BCUT2D eigenvalue weighted by Crippen LogP contribution is 2.43. The van der Waals surface area contributed by atoms with Crippen LogP contribution in [0.1, 0.15) is 50.0 Å². The van der Waals surface area contributed by atoms with Crippen molar-refractivity contribution in [1.29, 1.82) is 0 Å². The number of alkyl halides is 1. The summed E-state index contributed by atoms with van der Waals surface area (Å²) in [6.07, 6.45) is 4.32. The fourth-order valence-corrected chi connectivity index (χ4v) is 7.01. The Kier molecular flexibility index (Phi) is 8.87. The molecule has 2 aromatic heterocycles. The Morgan fingerprint density at radius 2 is 1.76 bits per heavy atom. The van der Waals surface area contributed by atoms with Crippen LogP contribution in [0.25, 0.3) is 5.69 Å². The van der Waals surface area contributed by atoms with E-state index in [1.807, 2.05) is 0 Å². The van der Waals surface area contributed by atoms with Gasteiger partial charge in [-0.15, -0.1) is 21.8 Å². The van der Waals surface area contributed by atoms with E-state index < -0.39 is 21.4 Å². The summed E-state index contributed by atoms with van der Waals surface area (Å²) in [5.41, 5.74) is 7.13. The molecule has 3 heterocycles. The lowest BCUT2D eigenvalue weighted by Crippen LogP contribution is -2.35. The number of hydrazine groups is 1. The van der Waals surface area contributed by atoms with Crippen LogP contribution >= 0.6 is 23.2 Å². The van der Waals surface area contributed by atoms with Crippen molar-refractivity contribution in [3.8, 4) is 17.2 Å². The number of methoxy groups -OCH3 is 3. The largest absolute Gasteiger partial charge is 0.494 e.